The van der Waals surface area contributed by atoms with Crippen molar-refractivity contribution in [3.63, 3.8) is 0 Å². The molecule has 182 valence electrons. The van der Waals surface area contributed by atoms with Crippen LogP contribution in [0.15, 0.2) is 27.0 Å². The summed E-state index contributed by atoms with van der Waals surface area (Å²) in [4.78, 5) is 47.6. The number of nitrogen functional groups attached to an aromatic ring is 1. The van der Waals surface area contributed by atoms with E-state index in [0.717, 1.165) is 11.3 Å². The number of aromatic nitrogens is 5. The summed E-state index contributed by atoms with van der Waals surface area (Å²) in [5.74, 6) is -1.77. The van der Waals surface area contributed by atoms with Crippen LogP contribution >= 0.6 is 47.3 Å². The Morgan fingerprint density at radius 1 is 1.47 bits per heavy atom. The van der Waals surface area contributed by atoms with Gasteiger partial charge in [-0.2, -0.15) is 0 Å². The Kier molecular flexibility index (Phi) is 8.01. The minimum absolute atomic E-state index is 0. The second kappa shape index (κ2) is 10.6. The van der Waals surface area contributed by atoms with E-state index in [1.54, 1.807) is 12.4 Å². The first-order valence-corrected chi connectivity index (χ1v) is 12.1. The molecule has 34 heavy (non-hydrogen) atoms. The zero-order valence-electron chi connectivity index (χ0n) is 17.6. The number of rotatable bonds is 8. The standard InChI is InChI=1S/C16H17N9O5S3.ClH/c1-24-16(20-22-23-24)33-4-6-3-31-13-9(12(27)25(13)10(6)14(28)29)19-11(26)8(21-30-2)7-5-32-15(17)18-7;/h5,9,13H,3-4H2,1-2H3,(H2,17,18)(H,19,26)(H,28,29);1H/t9-,13+;/m0./s1. The second-order valence-corrected chi connectivity index (χ2v) is 9.62. The van der Waals surface area contributed by atoms with E-state index in [-0.39, 0.29) is 34.6 Å². The minimum Gasteiger partial charge on any atom is -0.477 e. The Balaban J connectivity index is 0.00000324. The van der Waals surface area contributed by atoms with E-state index in [0.29, 0.717) is 22.2 Å². The number of nitrogens with zero attached hydrogens (tertiary/aromatic N) is 7. The number of β-lactam (4-membered cyclic amide) rings is 1. The van der Waals surface area contributed by atoms with Crippen molar-refractivity contribution in [2.45, 2.75) is 16.6 Å². The molecule has 1 fully saturated rings. The van der Waals surface area contributed by atoms with Crippen molar-refractivity contribution in [3.05, 3.63) is 22.3 Å². The summed E-state index contributed by atoms with van der Waals surface area (Å²) in [6.45, 7) is 0. The van der Waals surface area contributed by atoms with Crippen LogP contribution in [-0.2, 0) is 26.3 Å². The lowest BCUT2D eigenvalue weighted by molar-refractivity contribution is -0.150. The molecule has 2 aliphatic heterocycles. The summed E-state index contributed by atoms with van der Waals surface area (Å²) in [7, 11) is 2.95. The zero-order valence-corrected chi connectivity index (χ0v) is 20.8. The van der Waals surface area contributed by atoms with Gasteiger partial charge in [0.25, 0.3) is 11.8 Å². The molecule has 0 spiro atoms. The number of carboxylic acid groups (broad SMARTS) is 1. The number of tetrazole rings is 1. The highest BCUT2D eigenvalue weighted by molar-refractivity contribution is 8.01. The van der Waals surface area contributed by atoms with Crippen LogP contribution in [-0.4, -0.2) is 88.7 Å². The summed E-state index contributed by atoms with van der Waals surface area (Å²) in [6.07, 6.45) is 0. The number of halogens is 1. The largest absolute Gasteiger partial charge is 0.477 e. The molecule has 0 unspecified atom stereocenters. The highest BCUT2D eigenvalue weighted by atomic mass is 35.5. The van der Waals surface area contributed by atoms with Crippen LogP contribution in [0.4, 0.5) is 5.13 Å². The van der Waals surface area contributed by atoms with Gasteiger partial charge in [0, 0.05) is 23.9 Å². The third-order valence-electron chi connectivity index (χ3n) is 4.66. The number of carbonyl (C=O) groups excluding carboxylic acids is 2. The first-order valence-electron chi connectivity index (χ1n) is 9.20. The van der Waals surface area contributed by atoms with Crippen LogP contribution in [0, 0.1) is 0 Å². The third kappa shape index (κ3) is 4.82. The average molecular weight is 548 g/mol. The zero-order chi connectivity index (χ0) is 23.7. The molecule has 1 saturated heterocycles. The number of aryl methyl sites for hydroxylation is 1. The molecule has 14 nitrogen and oxygen atoms in total. The van der Waals surface area contributed by atoms with Crippen LogP contribution in [0.3, 0.4) is 0 Å². The summed E-state index contributed by atoms with van der Waals surface area (Å²) in [5, 5.41) is 29.0. The highest BCUT2D eigenvalue weighted by Crippen LogP contribution is 2.41. The molecule has 4 rings (SSSR count). The van der Waals surface area contributed by atoms with Crippen molar-refractivity contribution < 1.29 is 24.3 Å². The minimum atomic E-state index is -1.22. The molecule has 18 heteroatoms. The van der Waals surface area contributed by atoms with Crippen molar-refractivity contribution in [2.75, 3.05) is 24.3 Å². The van der Waals surface area contributed by atoms with Crippen molar-refractivity contribution in [2.24, 2.45) is 12.2 Å². The van der Waals surface area contributed by atoms with E-state index in [1.165, 1.54) is 40.2 Å². The van der Waals surface area contributed by atoms with Gasteiger partial charge in [-0.05, 0) is 16.0 Å². The Hall–Kier alpha value is -2.89. The summed E-state index contributed by atoms with van der Waals surface area (Å²) >= 11 is 3.75. The van der Waals surface area contributed by atoms with E-state index in [9.17, 15) is 19.5 Å². The lowest BCUT2D eigenvalue weighted by atomic mass is 10.0. The first kappa shape index (κ1) is 25.7. The average Bonchev–Trinajstić information content (AvgIpc) is 3.40. The SMILES string of the molecule is CON=C(C(=O)N[C@H]1C(=O)N2C(C(=O)O)=C(CSc3nnnn3C)CS[C@H]12)c1csc(N)n1.Cl. The number of anilines is 1. The molecule has 0 bridgehead atoms. The quantitative estimate of drug-likeness (QED) is 0.167. The molecule has 2 atom stereocenters. The van der Waals surface area contributed by atoms with E-state index >= 15 is 0 Å². The monoisotopic (exact) mass is 547 g/mol. The molecule has 2 aromatic rings. The lowest BCUT2D eigenvalue weighted by Crippen LogP contribution is -2.71. The summed E-state index contributed by atoms with van der Waals surface area (Å²) < 4.78 is 1.47. The van der Waals surface area contributed by atoms with Crippen molar-refractivity contribution in [1.29, 1.82) is 0 Å². The van der Waals surface area contributed by atoms with E-state index in [4.69, 9.17) is 10.6 Å². The van der Waals surface area contributed by atoms with Crippen molar-refractivity contribution in [3.8, 4) is 0 Å². The fourth-order valence-electron chi connectivity index (χ4n) is 3.19. The van der Waals surface area contributed by atoms with Crippen molar-refractivity contribution >= 4 is 75.9 Å². The highest BCUT2D eigenvalue weighted by Gasteiger charge is 2.54. The van der Waals surface area contributed by atoms with E-state index in [2.05, 4.69) is 31.0 Å². The number of thioether (sulfide) groups is 2. The van der Waals surface area contributed by atoms with Gasteiger partial charge in [-0.25, -0.2) is 14.5 Å². The number of thiazole rings is 1. The fourth-order valence-corrected chi connectivity index (χ4v) is 6.07. The molecular formula is C16H18ClN9O5S3. The van der Waals surface area contributed by atoms with Crippen molar-refractivity contribution in [1.82, 2.24) is 35.4 Å². The number of aliphatic carboxylic acids is 1. The van der Waals surface area contributed by atoms with Crippen LogP contribution in [0.2, 0.25) is 0 Å². The predicted octanol–water partition coefficient (Wildman–Crippen LogP) is -0.448. The third-order valence-corrected chi connectivity index (χ3v) is 7.77. The lowest BCUT2D eigenvalue weighted by Gasteiger charge is -2.49. The predicted molar refractivity (Wildman–Crippen MR) is 127 cm³/mol. The van der Waals surface area contributed by atoms with Gasteiger partial charge in [-0.1, -0.05) is 16.9 Å². The van der Waals surface area contributed by atoms with Gasteiger partial charge in [0.15, 0.2) is 10.8 Å². The molecule has 0 aromatic carbocycles. The second-order valence-electron chi connectivity index (χ2n) is 6.69. The maximum absolute atomic E-state index is 12.9. The van der Waals surface area contributed by atoms with E-state index < -0.39 is 29.2 Å². The number of hydrogen-bond donors (Lipinski definition) is 3. The number of fused-ring (bicyclic) bond motifs is 1. The number of nitrogens with two attached hydrogens (primary N) is 1. The van der Waals surface area contributed by atoms with Crippen LogP contribution < -0.4 is 11.1 Å². The molecule has 4 heterocycles. The summed E-state index contributed by atoms with van der Waals surface area (Å²) in [6, 6.07) is -0.924. The molecule has 2 aromatic heterocycles. The molecule has 0 radical (unpaired) electrons. The summed E-state index contributed by atoms with van der Waals surface area (Å²) in [5.41, 5.74) is 6.17. The normalized spacial score (nSPS) is 19.8. The van der Waals surface area contributed by atoms with Gasteiger partial charge in [-0.3, -0.25) is 14.5 Å². The Morgan fingerprint density at radius 3 is 2.82 bits per heavy atom. The molecule has 0 aliphatic carbocycles. The number of carbonyl (C=O) groups is 3. The van der Waals surface area contributed by atoms with E-state index in [1.807, 2.05) is 0 Å². The van der Waals surface area contributed by atoms with Gasteiger partial charge in [0.2, 0.25) is 5.16 Å². The number of hydrogen-bond acceptors (Lipinski definition) is 13. The number of amides is 2. The Morgan fingerprint density at radius 2 is 2.24 bits per heavy atom. The topological polar surface area (TPSA) is 191 Å². The molecule has 2 amide bonds. The van der Waals surface area contributed by atoms with Gasteiger partial charge in [0.05, 0.1) is 0 Å². The first-order chi connectivity index (χ1) is 15.8. The van der Waals surface area contributed by atoms with Crippen LogP contribution in [0.1, 0.15) is 5.69 Å². The number of nitrogens with one attached hydrogen (secondary N) is 1. The molecular weight excluding hydrogens is 530 g/mol. The van der Waals surface area contributed by atoms with Gasteiger partial charge < -0.3 is 21.0 Å². The maximum Gasteiger partial charge on any atom is 0.352 e. The molecule has 0 saturated carbocycles. The maximum atomic E-state index is 12.9. The molecule has 4 N–H and O–H groups in total. The van der Waals surface area contributed by atoms with Gasteiger partial charge in [-0.15, -0.1) is 40.6 Å². The number of carboxylic acids is 1. The van der Waals surface area contributed by atoms with Crippen LogP contribution in [0.5, 0.6) is 0 Å². The van der Waals surface area contributed by atoms with Gasteiger partial charge >= 0.3 is 5.97 Å². The smallest absolute Gasteiger partial charge is 0.352 e. The Labute approximate surface area is 210 Å². The van der Waals surface area contributed by atoms with Gasteiger partial charge in [0.1, 0.15) is 29.9 Å². The Bertz CT molecular complexity index is 1180. The number of oxime groups is 1. The molecule has 2 aliphatic rings. The van der Waals surface area contributed by atoms with Crippen LogP contribution in [0.25, 0.3) is 0 Å². The fraction of sp³-hybridized carbons (Fsp3) is 0.375.